The van der Waals surface area contributed by atoms with Crippen molar-refractivity contribution in [1.29, 1.82) is 0 Å². The summed E-state index contributed by atoms with van der Waals surface area (Å²) in [6, 6.07) is 8.42. The number of benzene rings is 1. The highest BCUT2D eigenvalue weighted by molar-refractivity contribution is 6.02. The van der Waals surface area contributed by atoms with E-state index >= 15 is 0 Å². The Balaban J connectivity index is 1.68. The smallest absolute Gasteiger partial charge is 0.245 e. The number of nitrogens with zero attached hydrogens (tertiary/aromatic N) is 1. The molecular weight excluding hydrogens is 434 g/mol. The van der Waals surface area contributed by atoms with Gasteiger partial charge in [-0.3, -0.25) is 14.4 Å². The average molecular weight is 472 g/mol. The van der Waals surface area contributed by atoms with Gasteiger partial charge in [0.15, 0.2) is 0 Å². The van der Waals surface area contributed by atoms with Crippen LogP contribution in [0.25, 0.3) is 0 Å². The van der Waals surface area contributed by atoms with Gasteiger partial charge >= 0.3 is 0 Å². The number of para-hydroxylation sites is 1. The summed E-state index contributed by atoms with van der Waals surface area (Å²) in [5.74, 6) is -2.06. The van der Waals surface area contributed by atoms with Gasteiger partial charge in [-0.25, -0.2) is 0 Å². The molecule has 0 saturated carbocycles. The number of aliphatic hydroxyl groups is 1. The third-order valence-electron chi connectivity index (χ3n) is 8.02. The predicted octanol–water partition coefficient (Wildman–Crippen LogP) is 2.32. The molecule has 3 saturated heterocycles. The molecule has 1 aromatic carbocycles. The van der Waals surface area contributed by atoms with Crippen LogP contribution in [0.15, 0.2) is 30.3 Å². The third-order valence-corrected chi connectivity index (χ3v) is 8.02. The molecule has 3 N–H and O–H groups in total. The van der Waals surface area contributed by atoms with E-state index in [-0.39, 0.29) is 30.2 Å². The van der Waals surface area contributed by atoms with E-state index in [1.807, 2.05) is 44.2 Å². The summed E-state index contributed by atoms with van der Waals surface area (Å²) in [5.41, 5.74) is -1.20. The summed E-state index contributed by atoms with van der Waals surface area (Å²) in [5, 5.41) is 15.2. The summed E-state index contributed by atoms with van der Waals surface area (Å²) in [6.45, 7) is 6.92. The van der Waals surface area contributed by atoms with Crippen LogP contribution in [-0.2, 0) is 19.1 Å². The van der Waals surface area contributed by atoms with Crippen LogP contribution in [-0.4, -0.2) is 64.7 Å². The molecule has 3 aliphatic heterocycles. The Kier molecular flexibility index (Phi) is 7.01. The number of carbonyl (C=O) groups is 3. The molecule has 1 aromatic rings. The van der Waals surface area contributed by atoms with Crippen molar-refractivity contribution >= 4 is 23.4 Å². The number of likely N-dealkylation sites (tertiary alicyclic amines) is 1. The fourth-order valence-electron chi connectivity index (χ4n) is 6.30. The Hall–Kier alpha value is -2.45. The minimum Gasteiger partial charge on any atom is -0.396 e. The van der Waals surface area contributed by atoms with Crippen LogP contribution in [0.2, 0.25) is 0 Å². The number of nitrogens with one attached hydrogen (secondary N) is 2. The van der Waals surface area contributed by atoms with Gasteiger partial charge in [0, 0.05) is 25.4 Å². The van der Waals surface area contributed by atoms with E-state index in [0.717, 1.165) is 12.8 Å². The van der Waals surface area contributed by atoms with Gasteiger partial charge in [0.05, 0.1) is 17.4 Å². The van der Waals surface area contributed by atoms with Crippen LogP contribution in [0, 0.1) is 17.8 Å². The Morgan fingerprint density at radius 3 is 2.59 bits per heavy atom. The maximum Gasteiger partial charge on any atom is 0.245 e. The zero-order valence-electron chi connectivity index (χ0n) is 20.4. The standard InChI is InChI=1S/C26H37N3O5/c1-4-5-13-27-23(32)21-26-16-17(2)25(3,34-26)19(22(31)28-18-11-7-6-8-12-18)20(26)24(33)29(21)14-9-10-15-30/h6-8,11-12,17,19-21,30H,4-5,9-10,13-16H2,1-3H3,(H,27,32)(H,28,31)/t17?,19-,20+,21?,25+,26?/m1/s1. The van der Waals surface area contributed by atoms with E-state index in [0.29, 0.717) is 38.0 Å². The molecule has 34 heavy (non-hydrogen) atoms. The SMILES string of the molecule is CCCCNC(=O)C1N(CCCCO)C(=O)[C@@H]2[C@H](C(=O)Nc3ccccc3)[C@@]3(C)OC12CC3C. The molecule has 6 atom stereocenters. The second-order valence-electron chi connectivity index (χ2n) is 10.2. The van der Waals surface area contributed by atoms with Gasteiger partial charge < -0.3 is 25.4 Å². The van der Waals surface area contributed by atoms with Gasteiger partial charge in [0.1, 0.15) is 11.6 Å². The summed E-state index contributed by atoms with van der Waals surface area (Å²) >= 11 is 0. The lowest BCUT2D eigenvalue weighted by Gasteiger charge is -2.36. The number of ether oxygens (including phenoxy) is 1. The Morgan fingerprint density at radius 2 is 1.91 bits per heavy atom. The van der Waals surface area contributed by atoms with E-state index in [1.54, 1.807) is 4.90 Å². The molecule has 2 bridgehead atoms. The van der Waals surface area contributed by atoms with Crippen LogP contribution in [0.5, 0.6) is 0 Å². The number of unbranched alkanes of at least 4 members (excludes halogenated alkanes) is 2. The lowest BCUT2D eigenvalue weighted by Crippen LogP contribution is -2.55. The first-order valence-electron chi connectivity index (χ1n) is 12.5. The second-order valence-corrected chi connectivity index (χ2v) is 10.2. The minimum atomic E-state index is -1.03. The lowest BCUT2D eigenvalue weighted by atomic mass is 9.62. The van der Waals surface area contributed by atoms with Crippen LogP contribution < -0.4 is 10.6 Å². The van der Waals surface area contributed by atoms with Crippen molar-refractivity contribution in [3.05, 3.63) is 30.3 Å². The first kappa shape index (κ1) is 24.7. The number of hydrogen-bond acceptors (Lipinski definition) is 5. The van der Waals surface area contributed by atoms with Gasteiger partial charge in [-0.2, -0.15) is 0 Å². The molecule has 1 spiro atoms. The molecule has 3 amide bonds. The minimum absolute atomic E-state index is 0.00593. The quantitative estimate of drug-likeness (QED) is 0.454. The molecule has 0 aliphatic carbocycles. The van der Waals surface area contributed by atoms with Crippen molar-refractivity contribution < 1.29 is 24.2 Å². The summed E-state index contributed by atoms with van der Waals surface area (Å²) < 4.78 is 6.67. The van der Waals surface area contributed by atoms with E-state index < -0.39 is 29.1 Å². The van der Waals surface area contributed by atoms with Gasteiger partial charge in [-0.15, -0.1) is 0 Å². The summed E-state index contributed by atoms with van der Waals surface area (Å²) in [6.07, 6.45) is 3.48. The van der Waals surface area contributed by atoms with Crippen molar-refractivity contribution in [1.82, 2.24) is 10.2 Å². The van der Waals surface area contributed by atoms with Crippen LogP contribution in [0.1, 0.15) is 52.9 Å². The average Bonchev–Trinajstić information content (AvgIpc) is 3.32. The van der Waals surface area contributed by atoms with Crippen LogP contribution in [0.3, 0.4) is 0 Å². The van der Waals surface area contributed by atoms with Crippen molar-refractivity contribution in [3.8, 4) is 0 Å². The number of rotatable bonds is 10. The molecule has 0 aromatic heterocycles. The highest BCUT2D eigenvalue weighted by Crippen LogP contribution is 2.65. The Morgan fingerprint density at radius 1 is 1.18 bits per heavy atom. The highest BCUT2D eigenvalue weighted by Gasteiger charge is 2.79. The fraction of sp³-hybridized carbons (Fsp3) is 0.654. The number of amides is 3. The molecular formula is C26H37N3O5. The molecule has 8 heteroatoms. The lowest BCUT2D eigenvalue weighted by molar-refractivity contribution is -0.146. The predicted molar refractivity (Wildman–Crippen MR) is 128 cm³/mol. The van der Waals surface area contributed by atoms with E-state index in [1.165, 1.54) is 0 Å². The zero-order valence-corrected chi connectivity index (χ0v) is 20.4. The van der Waals surface area contributed by atoms with Crippen molar-refractivity contribution in [2.45, 2.75) is 70.1 Å². The first-order valence-corrected chi connectivity index (χ1v) is 12.5. The number of fused-ring (bicyclic) bond motifs is 1. The first-order chi connectivity index (χ1) is 16.3. The fourth-order valence-corrected chi connectivity index (χ4v) is 6.30. The Labute approximate surface area is 201 Å². The topological polar surface area (TPSA) is 108 Å². The Bertz CT molecular complexity index is 924. The molecule has 8 nitrogen and oxygen atoms in total. The maximum atomic E-state index is 13.9. The highest BCUT2D eigenvalue weighted by atomic mass is 16.5. The van der Waals surface area contributed by atoms with Crippen LogP contribution in [0.4, 0.5) is 5.69 Å². The van der Waals surface area contributed by atoms with Crippen LogP contribution >= 0.6 is 0 Å². The molecule has 3 heterocycles. The van der Waals surface area contributed by atoms with Gasteiger partial charge in [0.2, 0.25) is 17.7 Å². The van der Waals surface area contributed by atoms with Crippen molar-refractivity contribution in [2.75, 3.05) is 25.0 Å². The zero-order chi connectivity index (χ0) is 24.5. The number of carbonyl (C=O) groups excluding carboxylic acids is 3. The number of aliphatic hydroxyl groups excluding tert-OH is 1. The third kappa shape index (κ3) is 3.90. The molecule has 3 fully saturated rings. The molecule has 3 aliphatic rings. The molecule has 4 rings (SSSR count). The summed E-state index contributed by atoms with van der Waals surface area (Å²) in [7, 11) is 0. The van der Waals surface area contributed by atoms with Gasteiger partial charge in [-0.05, 0) is 50.7 Å². The number of hydrogen-bond donors (Lipinski definition) is 3. The van der Waals surface area contributed by atoms with Gasteiger partial charge in [0.25, 0.3) is 0 Å². The van der Waals surface area contributed by atoms with E-state index in [4.69, 9.17) is 4.74 Å². The van der Waals surface area contributed by atoms with Crippen molar-refractivity contribution in [3.63, 3.8) is 0 Å². The van der Waals surface area contributed by atoms with E-state index in [9.17, 15) is 19.5 Å². The number of anilines is 1. The maximum absolute atomic E-state index is 13.9. The summed E-state index contributed by atoms with van der Waals surface area (Å²) in [4.78, 5) is 42.5. The molecule has 0 radical (unpaired) electrons. The molecule has 3 unspecified atom stereocenters. The normalized spacial score (nSPS) is 33.8. The monoisotopic (exact) mass is 471 g/mol. The van der Waals surface area contributed by atoms with E-state index in [2.05, 4.69) is 17.6 Å². The largest absolute Gasteiger partial charge is 0.396 e. The van der Waals surface area contributed by atoms with Crippen molar-refractivity contribution in [2.24, 2.45) is 17.8 Å². The van der Waals surface area contributed by atoms with Gasteiger partial charge in [-0.1, -0.05) is 38.5 Å². The molecule has 186 valence electrons. The second kappa shape index (κ2) is 9.66.